The molecule has 1 atom stereocenters. The van der Waals surface area contributed by atoms with Gasteiger partial charge >= 0.3 is 0 Å². The lowest BCUT2D eigenvalue weighted by Gasteiger charge is -2.42. The fourth-order valence-electron chi connectivity index (χ4n) is 2.99. The number of aromatic nitrogens is 1. The Morgan fingerprint density at radius 3 is 2.95 bits per heavy atom. The number of fused-ring (bicyclic) bond motifs is 3. The van der Waals surface area contributed by atoms with E-state index in [4.69, 9.17) is 4.74 Å². The predicted molar refractivity (Wildman–Crippen MR) is 78.6 cm³/mol. The molecule has 3 heteroatoms. The average molecular weight is 264 g/mol. The lowest BCUT2D eigenvalue weighted by Crippen LogP contribution is -2.37. The molecule has 0 saturated carbocycles. The van der Waals surface area contributed by atoms with Gasteiger partial charge in [0.05, 0.1) is 6.61 Å². The molecule has 2 aromatic rings. The van der Waals surface area contributed by atoms with Crippen LogP contribution in [-0.4, -0.2) is 23.0 Å². The second-order valence-electron chi connectivity index (χ2n) is 5.17. The lowest BCUT2D eigenvalue weighted by molar-refractivity contribution is -0.0701. The molecule has 1 saturated heterocycles. The van der Waals surface area contributed by atoms with Crippen molar-refractivity contribution < 1.29 is 4.74 Å². The van der Waals surface area contributed by atoms with Gasteiger partial charge in [0.25, 0.3) is 0 Å². The van der Waals surface area contributed by atoms with Gasteiger partial charge in [-0.25, -0.2) is 0 Å². The van der Waals surface area contributed by atoms with E-state index in [1.54, 1.807) is 0 Å². The van der Waals surface area contributed by atoms with Gasteiger partial charge in [0, 0.05) is 35.8 Å². The summed E-state index contributed by atoms with van der Waals surface area (Å²) in [4.78, 5) is 6.61. The molecule has 1 aromatic heterocycles. The Labute approximate surface area is 118 Å². The Balaban J connectivity index is 1.87. The van der Waals surface area contributed by atoms with Crippen LogP contribution in [0, 0.1) is 0 Å². The van der Waals surface area contributed by atoms with E-state index in [1.165, 1.54) is 16.8 Å². The molecule has 2 aliphatic heterocycles. The summed E-state index contributed by atoms with van der Waals surface area (Å²) >= 11 is 0. The molecule has 3 nitrogen and oxygen atoms in total. The van der Waals surface area contributed by atoms with Gasteiger partial charge in [0.15, 0.2) is 6.23 Å². The Hall–Kier alpha value is -2.13. The van der Waals surface area contributed by atoms with Crippen molar-refractivity contribution in [3.05, 3.63) is 65.5 Å². The smallest absolute Gasteiger partial charge is 0.157 e. The van der Waals surface area contributed by atoms with E-state index in [0.717, 1.165) is 25.1 Å². The van der Waals surface area contributed by atoms with Gasteiger partial charge in [-0.2, -0.15) is 0 Å². The minimum atomic E-state index is 0.0296. The summed E-state index contributed by atoms with van der Waals surface area (Å²) in [6, 6.07) is 12.6. The number of ether oxygens (including phenoxy) is 1. The molecule has 2 aliphatic rings. The first kappa shape index (κ1) is 11.7. The molecule has 1 fully saturated rings. The predicted octanol–water partition coefficient (Wildman–Crippen LogP) is 3.31. The zero-order valence-corrected chi connectivity index (χ0v) is 11.2. The van der Waals surface area contributed by atoms with Crippen molar-refractivity contribution in [2.24, 2.45) is 0 Å². The van der Waals surface area contributed by atoms with Crippen molar-refractivity contribution in [1.82, 2.24) is 9.88 Å². The van der Waals surface area contributed by atoms with Crippen molar-refractivity contribution in [3.8, 4) is 0 Å². The lowest BCUT2D eigenvalue weighted by atomic mass is 9.97. The van der Waals surface area contributed by atoms with Crippen LogP contribution >= 0.6 is 0 Å². The van der Waals surface area contributed by atoms with Crippen molar-refractivity contribution in [1.29, 1.82) is 0 Å². The van der Waals surface area contributed by atoms with Crippen LogP contribution in [-0.2, 0) is 4.74 Å². The third-order valence-corrected chi connectivity index (χ3v) is 3.93. The van der Waals surface area contributed by atoms with Crippen LogP contribution in [0.15, 0.2) is 48.8 Å². The highest BCUT2D eigenvalue weighted by Gasteiger charge is 2.31. The van der Waals surface area contributed by atoms with Gasteiger partial charge in [-0.15, -0.1) is 0 Å². The summed E-state index contributed by atoms with van der Waals surface area (Å²) in [7, 11) is 0. The van der Waals surface area contributed by atoms with E-state index in [-0.39, 0.29) is 6.23 Å². The summed E-state index contributed by atoms with van der Waals surface area (Å²) in [6.45, 7) is 1.86. The first-order valence-corrected chi connectivity index (χ1v) is 7.03. The zero-order valence-electron chi connectivity index (χ0n) is 11.2. The Kier molecular flexibility index (Phi) is 2.78. The van der Waals surface area contributed by atoms with E-state index in [0.29, 0.717) is 0 Å². The standard InChI is InChI=1S/C17H16N2O/c1-2-5-13(6-3-1)16-11-14-12-18-8-7-15(14)17-19(16)9-4-10-20-17/h1-3,5-8,11-12,17H,4,9-10H2. The summed E-state index contributed by atoms with van der Waals surface area (Å²) in [5.74, 6) is 0. The average Bonchev–Trinajstić information content (AvgIpc) is 2.55. The maximum Gasteiger partial charge on any atom is 0.157 e. The molecule has 20 heavy (non-hydrogen) atoms. The molecule has 0 radical (unpaired) electrons. The minimum Gasteiger partial charge on any atom is -0.354 e. The number of hydrogen-bond donors (Lipinski definition) is 0. The first-order valence-electron chi connectivity index (χ1n) is 7.03. The summed E-state index contributed by atoms with van der Waals surface area (Å²) in [6.07, 6.45) is 7.09. The van der Waals surface area contributed by atoms with Crippen LogP contribution in [0.1, 0.15) is 29.3 Å². The third-order valence-electron chi connectivity index (χ3n) is 3.93. The highest BCUT2D eigenvalue weighted by atomic mass is 16.5. The van der Waals surface area contributed by atoms with Crippen LogP contribution in [0.5, 0.6) is 0 Å². The van der Waals surface area contributed by atoms with E-state index in [1.807, 2.05) is 18.5 Å². The van der Waals surface area contributed by atoms with Crippen molar-refractivity contribution in [3.63, 3.8) is 0 Å². The molecule has 0 aliphatic carbocycles. The second-order valence-corrected chi connectivity index (χ2v) is 5.17. The second kappa shape index (κ2) is 4.76. The summed E-state index contributed by atoms with van der Waals surface area (Å²) in [5.41, 5.74) is 4.85. The van der Waals surface area contributed by atoms with Crippen LogP contribution in [0.4, 0.5) is 0 Å². The zero-order chi connectivity index (χ0) is 13.4. The number of rotatable bonds is 1. The largest absolute Gasteiger partial charge is 0.354 e. The fraction of sp³-hybridized carbons (Fsp3) is 0.235. The summed E-state index contributed by atoms with van der Waals surface area (Å²) < 4.78 is 6.02. The first-order chi connectivity index (χ1) is 9.93. The number of hydrogen-bond acceptors (Lipinski definition) is 3. The number of pyridine rings is 1. The maximum absolute atomic E-state index is 6.02. The Morgan fingerprint density at radius 1 is 1.15 bits per heavy atom. The van der Waals surface area contributed by atoms with Gasteiger partial charge in [-0.1, -0.05) is 30.3 Å². The van der Waals surface area contributed by atoms with Crippen molar-refractivity contribution in [2.75, 3.05) is 13.2 Å². The van der Waals surface area contributed by atoms with Crippen LogP contribution in [0.2, 0.25) is 0 Å². The van der Waals surface area contributed by atoms with E-state index in [9.17, 15) is 0 Å². The van der Waals surface area contributed by atoms with Gasteiger partial charge in [0.1, 0.15) is 0 Å². The monoisotopic (exact) mass is 264 g/mol. The molecule has 0 spiro atoms. The highest BCUT2D eigenvalue weighted by Crippen LogP contribution is 2.40. The molecule has 1 aromatic carbocycles. The van der Waals surface area contributed by atoms with E-state index in [2.05, 4.69) is 46.3 Å². The topological polar surface area (TPSA) is 25.4 Å². The fourth-order valence-corrected chi connectivity index (χ4v) is 2.99. The van der Waals surface area contributed by atoms with Gasteiger partial charge in [-0.05, 0) is 24.1 Å². The van der Waals surface area contributed by atoms with Gasteiger partial charge in [0.2, 0.25) is 0 Å². The highest BCUT2D eigenvalue weighted by molar-refractivity contribution is 5.83. The maximum atomic E-state index is 6.02. The van der Waals surface area contributed by atoms with Gasteiger partial charge < -0.3 is 9.64 Å². The van der Waals surface area contributed by atoms with Gasteiger partial charge in [-0.3, -0.25) is 4.98 Å². The molecular formula is C17H16N2O. The molecule has 100 valence electrons. The van der Waals surface area contributed by atoms with Crippen molar-refractivity contribution in [2.45, 2.75) is 12.6 Å². The number of benzene rings is 1. The quantitative estimate of drug-likeness (QED) is 0.790. The molecule has 0 N–H and O–H groups in total. The van der Waals surface area contributed by atoms with Crippen LogP contribution in [0.3, 0.4) is 0 Å². The summed E-state index contributed by atoms with van der Waals surface area (Å²) in [5, 5.41) is 0. The molecule has 0 bridgehead atoms. The molecule has 3 heterocycles. The van der Waals surface area contributed by atoms with E-state index >= 15 is 0 Å². The van der Waals surface area contributed by atoms with Crippen LogP contribution < -0.4 is 0 Å². The molecule has 4 rings (SSSR count). The Morgan fingerprint density at radius 2 is 2.05 bits per heavy atom. The Bertz CT molecular complexity index is 651. The van der Waals surface area contributed by atoms with Crippen molar-refractivity contribution >= 4 is 11.8 Å². The molecule has 0 amide bonds. The molecule has 1 unspecified atom stereocenters. The third kappa shape index (κ3) is 1.82. The number of nitrogens with zero attached hydrogens (tertiary/aromatic N) is 2. The molecular weight excluding hydrogens is 248 g/mol. The van der Waals surface area contributed by atoms with Crippen LogP contribution in [0.25, 0.3) is 11.8 Å². The SMILES string of the molecule is C1=C(c2ccccc2)N2CCCOC2c2ccncc21. The minimum absolute atomic E-state index is 0.0296. The normalized spacial score (nSPS) is 20.9. The van der Waals surface area contributed by atoms with E-state index < -0.39 is 0 Å².